The highest BCUT2D eigenvalue weighted by Crippen LogP contribution is 2.13. The number of aromatic nitrogens is 3. The van der Waals surface area contributed by atoms with Gasteiger partial charge in [-0.05, 0) is 32.1 Å². The molecule has 1 aliphatic heterocycles. The number of nitrogens with one attached hydrogen (secondary N) is 2. The smallest absolute Gasteiger partial charge is 0.191 e. The number of ether oxygens (including phenoxy) is 1. The number of hydrogen-bond acceptors (Lipinski definition) is 4. The second kappa shape index (κ2) is 9.61. The lowest BCUT2D eigenvalue weighted by molar-refractivity contribution is 0.177. The number of guanidine groups is 1. The number of aryl methyl sites for hydroxylation is 1. The van der Waals surface area contributed by atoms with Gasteiger partial charge in [0.05, 0.1) is 6.54 Å². The van der Waals surface area contributed by atoms with E-state index < -0.39 is 0 Å². The minimum absolute atomic E-state index is 0.331. The van der Waals surface area contributed by atoms with Crippen molar-refractivity contribution >= 4 is 5.96 Å². The van der Waals surface area contributed by atoms with Crippen LogP contribution in [0.2, 0.25) is 0 Å². The first-order valence-corrected chi connectivity index (χ1v) is 9.08. The first kappa shape index (κ1) is 18.7. The molecule has 7 heteroatoms. The SMILES string of the molecule is CCNC(=NCCCC(C)C)NC1CCc2nc(COC)nn2C1. The molecule has 0 amide bonds. The molecule has 0 radical (unpaired) electrons. The third kappa shape index (κ3) is 5.78. The van der Waals surface area contributed by atoms with Crippen molar-refractivity contribution in [3.8, 4) is 0 Å². The van der Waals surface area contributed by atoms with Crippen LogP contribution in [0.5, 0.6) is 0 Å². The molecule has 24 heavy (non-hydrogen) atoms. The fourth-order valence-electron chi connectivity index (χ4n) is 2.87. The van der Waals surface area contributed by atoms with E-state index >= 15 is 0 Å². The van der Waals surface area contributed by atoms with Gasteiger partial charge in [0.25, 0.3) is 0 Å². The largest absolute Gasteiger partial charge is 0.377 e. The summed E-state index contributed by atoms with van der Waals surface area (Å²) < 4.78 is 7.12. The van der Waals surface area contributed by atoms with E-state index in [2.05, 4.69) is 41.5 Å². The molecule has 0 bridgehead atoms. The van der Waals surface area contributed by atoms with Crippen LogP contribution in [0.25, 0.3) is 0 Å². The standard InChI is InChI=1S/C17H32N6O/c1-5-18-17(19-10-6-7-13(2)3)20-14-8-9-16-21-15(12-24-4)22-23(16)11-14/h13-14H,5-12H2,1-4H3,(H2,18,19,20). The van der Waals surface area contributed by atoms with Crippen LogP contribution in [0.1, 0.15) is 51.7 Å². The summed E-state index contributed by atoms with van der Waals surface area (Å²) in [6.07, 6.45) is 4.33. The lowest BCUT2D eigenvalue weighted by atomic mass is 10.1. The van der Waals surface area contributed by atoms with E-state index in [4.69, 9.17) is 9.73 Å². The number of hydrogen-bond donors (Lipinski definition) is 2. The Morgan fingerprint density at radius 1 is 1.46 bits per heavy atom. The first-order valence-electron chi connectivity index (χ1n) is 9.08. The van der Waals surface area contributed by atoms with Crippen molar-refractivity contribution in [2.24, 2.45) is 10.9 Å². The zero-order valence-corrected chi connectivity index (χ0v) is 15.5. The monoisotopic (exact) mass is 336 g/mol. The van der Waals surface area contributed by atoms with Gasteiger partial charge in [-0.3, -0.25) is 4.99 Å². The Morgan fingerprint density at radius 3 is 3.00 bits per heavy atom. The average molecular weight is 336 g/mol. The molecule has 0 saturated carbocycles. The van der Waals surface area contributed by atoms with Crippen LogP contribution in [-0.4, -0.2) is 47.0 Å². The molecule has 136 valence electrons. The van der Waals surface area contributed by atoms with Gasteiger partial charge < -0.3 is 15.4 Å². The third-order valence-corrected chi connectivity index (χ3v) is 4.07. The number of fused-ring (bicyclic) bond motifs is 1. The van der Waals surface area contributed by atoms with E-state index in [1.807, 2.05) is 4.68 Å². The van der Waals surface area contributed by atoms with E-state index in [-0.39, 0.29) is 0 Å². The van der Waals surface area contributed by atoms with Crippen molar-refractivity contribution < 1.29 is 4.74 Å². The molecule has 0 aromatic carbocycles. The Hall–Kier alpha value is -1.63. The lowest BCUT2D eigenvalue weighted by Gasteiger charge is -2.25. The Kier molecular flexibility index (Phi) is 7.49. The summed E-state index contributed by atoms with van der Waals surface area (Å²) >= 11 is 0. The van der Waals surface area contributed by atoms with E-state index in [0.29, 0.717) is 12.6 Å². The molecular formula is C17H32N6O. The van der Waals surface area contributed by atoms with Crippen molar-refractivity contribution in [2.45, 2.75) is 65.6 Å². The van der Waals surface area contributed by atoms with Crippen molar-refractivity contribution in [3.63, 3.8) is 0 Å². The summed E-state index contributed by atoms with van der Waals surface area (Å²) in [4.78, 5) is 9.22. The van der Waals surface area contributed by atoms with Crippen molar-refractivity contribution in [1.82, 2.24) is 25.4 Å². The van der Waals surface area contributed by atoms with Crippen LogP contribution < -0.4 is 10.6 Å². The summed E-state index contributed by atoms with van der Waals surface area (Å²) in [5, 5.41) is 11.4. The zero-order chi connectivity index (χ0) is 17.4. The van der Waals surface area contributed by atoms with Gasteiger partial charge in [0.15, 0.2) is 11.8 Å². The quantitative estimate of drug-likeness (QED) is 0.429. The topological polar surface area (TPSA) is 76.4 Å². The van der Waals surface area contributed by atoms with Gasteiger partial charge in [0.1, 0.15) is 12.4 Å². The van der Waals surface area contributed by atoms with Gasteiger partial charge in [-0.1, -0.05) is 13.8 Å². The summed E-state index contributed by atoms with van der Waals surface area (Å²) in [6, 6.07) is 0.331. The maximum Gasteiger partial charge on any atom is 0.191 e. The highest BCUT2D eigenvalue weighted by molar-refractivity contribution is 5.80. The molecule has 7 nitrogen and oxygen atoms in total. The minimum Gasteiger partial charge on any atom is -0.377 e. The molecule has 1 aliphatic rings. The summed E-state index contributed by atoms with van der Waals surface area (Å²) in [6.45, 7) is 9.63. The summed E-state index contributed by atoms with van der Waals surface area (Å²) in [7, 11) is 1.67. The maximum absolute atomic E-state index is 5.12. The van der Waals surface area contributed by atoms with Crippen molar-refractivity contribution in [2.75, 3.05) is 20.2 Å². The molecule has 1 atom stereocenters. The van der Waals surface area contributed by atoms with Gasteiger partial charge in [0.2, 0.25) is 0 Å². The Balaban J connectivity index is 1.88. The number of aliphatic imine (C=N–C) groups is 1. The predicted octanol–water partition coefficient (Wildman–Crippen LogP) is 1.73. The Labute approximate surface area is 145 Å². The molecule has 2 N–H and O–H groups in total. The van der Waals surface area contributed by atoms with Crippen LogP contribution in [-0.2, 0) is 24.3 Å². The van der Waals surface area contributed by atoms with Gasteiger partial charge >= 0.3 is 0 Å². The fraction of sp³-hybridized carbons (Fsp3) is 0.824. The van der Waals surface area contributed by atoms with Crippen LogP contribution >= 0.6 is 0 Å². The van der Waals surface area contributed by atoms with Crippen LogP contribution in [0, 0.1) is 5.92 Å². The van der Waals surface area contributed by atoms with Gasteiger partial charge in [-0.25, -0.2) is 9.67 Å². The number of rotatable bonds is 8. The van der Waals surface area contributed by atoms with Gasteiger partial charge in [-0.2, -0.15) is 5.10 Å². The molecule has 0 aliphatic carbocycles. The summed E-state index contributed by atoms with van der Waals surface area (Å²) in [5.41, 5.74) is 0. The second-order valence-electron chi connectivity index (χ2n) is 6.74. The molecule has 2 heterocycles. The highest BCUT2D eigenvalue weighted by atomic mass is 16.5. The maximum atomic E-state index is 5.12. The third-order valence-electron chi connectivity index (χ3n) is 4.07. The van der Waals surface area contributed by atoms with E-state index in [0.717, 1.165) is 62.4 Å². The highest BCUT2D eigenvalue weighted by Gasteiger charge is 2.22. The minimum atomic E-state index is 0.331. The normalized spacial score (nSPS) is 17.9. The summed E-state index contributed by atoms with van der Waals surface area (Å²) in [5.74, 6) is 3.47. The molecule has 1 aromatic heterocycles. The van der Waals surface area contributed by atoms with Crippen LogP contribution in [0.4, 0.5) is 0 Å². The van der Waals surface area contributed by atoms with Crippen LogP contribution in [0.15, 0.2) is 4.99 Å². The number of nitrogens with zero attached hydrogens (tertiary/aromatic N) is 4. The number of methoxy groups -OCH3 is 1. The molecule has 1 unspecified atom stereocenters. The molecule has 0 fully saturated rings. The van der Waals surface area contributed by atoms with E-state index in [1.54, 1.807) is 7.11 Å². The predicted molar refractivity (Wildman–Crippen MR) is 96.0 cm³/mol. The van der Waals surface area contributed by atoms with Crippen molar-refractivity contribution in [1.29, 1.82) is 0 Å². The Morgan fingerprint density at radius 2 is 2.29 bits per heavy atom. The molecule has 1 aromatic rings. The molecular weight excluding hydrogens is 304 g/mol. The average Bonchev–Trinajstić information content (AvgIpc) is 2.93. The fourth-order valence-corrected chi connectivity index (χ4v) is 2.87. The van der Waals surface area contributed by atoms with Crippen LogP contribution in [0.3, 0.4) is 0 Å². The van der Waals surface area contributed by atoms with Gasteiger partial charge in [-0.15, -0.1) is 0 Å². The van der Waals surface area contributed by atoms with Gasteiger partial charge in [0, 0.05) is 32.7 Å². The zero-order valence-electron chi connectivity index (χ0n) is 15.5. The molecule has 2 rings (SSSR count). The van der Waals surface area contributed by atoms with Crippen molar-refractivity contribution in [3.05, 3.63) is 11.6 Å². The van der Waals surface area contributed by atoms with E-state index in [1.165, 1.54) is 6.42 Å². The molecule has 0 spiro atoms. The molecule has 0 saturated heterocycles. The first-order chi connectivity index (χ1) is 11.6. The lowest BCUT2D eigenvalue weighted by Crippen LogP contribution is -2.47. The second-order valence-corrected chi connectivity index (χ2v) is 6.74. The van der Waals surface area contributed by atoms with E-state index in [9.17, 15) is 0 Å². The Bertz CT molecular complexity index is 525.